The van der Waals surface area contributed by atoms with Gasteiger partial charge in [0.1, 0.15) is 11.6 Å². The Hall–Kier alpha value is -1.37. The van der Waals surface area contributed by atoms with Crippen molar-refractivity contribution in [2.45, 2.75) is 12.5 Å². The molecule has 1 atom stereocenters. The number of ether oxygens (including phenoxy) is 1. The molecule has 1 heterocycles. The van der Waals surface area contributed by atoms with Crippen molar-refractivity contribution >= 4 is 5.78 Å². The lowest BCUT2D eigenvalue weighted by atomic mass is 10.1. The van der Waals surface area contributed by atoms with E-state index in [4.69, 9.17) is 9.84 Å². The van der Waals surface area contributed by atoms with Gasteiger partial charge in [-0.1, -0.05) is 0 Å². The van der Waals surface area contributed by atoms with Gasteiger partial charge in [-0.2, -0.15) is 0 Å². The standard InChI is InChI=1S/C14H17F2NO3/c15-11-5-10(6-12(16)7-11)14(19)1-2-17-3-4-20-13(8-17)9-18/h5-7,13,18H,1-4,8-9H2. The van der Waals surface area contributed by atoms with Crippen LogP contribution in [-0.4, -0.2) is 54.7 Å². The van der Waals surface area contributed by atoms with Crippen LogP contribution >= 0.6 is 0 Å². The molecule has 1 saturated heterocycles. The number of Topliss-reactive ketones (excluding diaryl/α,β-unsaturated/α-hetero) is 1. The summed E-state index contributed by atoms with van der Waals surface area (Å²) in [7, 11) is 0. The molecule has 0 amide bonds. The minimum Gasteiger partial charge on any atom is -0.394 e. The minimum atomic E-state index is -0.750. The second kappa shape index (κ2) is 6.88. The number of hydrogen-bond donors (Lipinski definition) is 1. The third kappa shape index (κ3) is 4.06. The van der Waals surface area contributed by atoms with Crippen molar-refractivity contribution in [1.82, 2.24) is 4.90 Å². The molecule has 0 aromatic heterocycles. The van der Waals surface area contributed by atoms with Gasteiger partial charge < -0.3 is 9.84 Å². The zero-order valence-corrected chi connectivity index (χ0v) is 11.0. The fraction of sp³-hybridized carbons (Fsp3) is 0.500. The molecule has 2 rings (SSSR count). The Morgan fingerprint density at radius 2 is 2.05 bits per heavy atom. The number of aliphatic hydroxyl groups excluding tert-OH is 1. The lowest BCUT2D eigenvalue weighted by molar-refractivity contribution is -0.0523. The maximum atomic E-state index is 13.0. The van der Waals surface area contributed by atoms with E-state index < -0.39 is 11.6 Å². The van der Waals surface area contributed by atoms with E-state index >= 15 is 0 Å². The van der Waals surface area contributed by atoms with Gasteiger partial charge in [0.25, 0.3) is 0 Å². The van der Waals surface area contributed by atoms with Crippen LogP contribution in [0.5, 0.6) is 0 Å². The van der Waals surface area contributed by atoms with Crippen LogP contribution in [0, 0.1) is 11.6 Å². The first-order chi connectivity index (χ1) is 9.58. The molecular formula is C14H17F2NO3. The van der Waals surface area contributed by atoms with Gasteiger partial charge in [0.05, 0.1) is 19.3 Å². The summed E-state index contributed by atoms with van der Waals surface area (Å²) in [6, 6.07) is 2.83. The third-order valence-corrected chi connectivity index (χ3v) is 3.27. The summed E-state index contributed by atoms with van der Waals surface area (Å²) < 4.78 is 31.4. The second-order valence-electron chi connectivity index (χ2n) is 4.81. The van der Waals surface area contributed by atoms with Gasteiger partial charge >= 0.3 is 0 Å². The van der Waals surface area contributed by atoms with Crippen molar-refractivity contribution in [3.63, 3.8) is 0 Å². The Kier molecular flexibility index (Phi) is 5.17. The third-order valence-electron chi connectivity index (χ3n) is 3.27. The summed E-state index contributed by atoms with van der Waals surface area (Å²) in [5.41, 5.74) is 0.0504. The molecule has 0 radical (unpaired) electrons. The lowest BCUT2D eigenvalue weighted by Crippen LogP contribution is -2.44. The van der Waals surface area contributed by atoms with Gasteiger partial charge in [0.2, 0.25) is 0 Å². The van der Waals surface area contributed by atoms with E-state index in [0.717, 1.165) is 18.2 Å². The second-order valence-corrected chi connectivity index (χ2v) is 4.81. The number of halogens is 2. The molecule has 1 aliphatic rings. The number of nitrogens with zero attached hydrogens (tertiary/aromatic N) is 1. The summed E-state index contributed by atoms with van der Waals surface area (Å²) in [6.07, 6.45) is -0.0495. The molecule has 20 heavy (non-hydrogen) atoms. The van der Waals surface area contributed by atoms with Crippen LogP contribution in [0.15, 0.2) is 18.2 Å². The number of carbonyl (C=O) groups excluding carboxylic acids is 1. The first-order valence-electron chi connectivity index (χ1n) is 6.52. The first kappa shape index (κ1) is 15.0. The molecular weight excluding hydrogens is 268 g/mol. The number of benzene rings is 1. The molecule has 1 fully saturated rings. The molecule has 1 aromatic rings. The highest BCUT2D eigenvalue weighted by atomic mass is 19.1. The monoisotopic (exact) mass is 285 g/mol. The van der Waals surface area contributed by atoms with Crippen molar-refractivity contribution in [3.05, 3.63) is 35.4 Å². The van der Waals surface area contributed by atoms with E-state index in [0.29, 0.717) is 26.2 Å². The zero-order valence-electron chi connectivity index (χ0n) is 11.0. The summed E-state index contributed by atoms with van der Waals surface area (Å²) in [4.78, 5) is 13.9. The van der Waals surface area contributed by atoms with Crippen LogP contribution < -0.4 is 0 Å². The van der Waals surface area contributed by atoms with Gasteiger partial charge in [0, 0.05) is 37.7 Å². The Morgan fingerprint density at radius 1 is 1.35 bits per heavy atom. The normalized spacial score (nSPS) is 20.1. The summed E-state index contributed by atoms with van der Waals surface area (Å²) in [5, 5.41) is 9.02. The quantitative estimate of drug-likeness (QED) is 0.827. The average molecular weight is 285 g/mol. The maximum Gasteiger partial charge on any atom is 0.164 e. The molecule has 110 valence electrons. The summed E-state index contributed by atoms with van der Waals surface area (Å²) in [6.45, 7) is 2.17. The molecule has 0 saturated carbocycles. The van der Waals surface area contributed by atoms with Crippen molar-refractivity contribution < 1.29 is 23.4 Å². The summed E-state index contributed by atoms with van der Waals surface area (Å²) >= 11 is 0. The smallest absolute Gasteiger partial charge is 0.164 e. The zero-order chi connectivity index (χ0) is 14.5. The van der Waals surface area contributed by atoms with Crippen molar-refractivity contribution in [2.75, 3.05) is 32.8 Å². The Morgan fingerprint density at radius 3 is 2.70 bits per heavy atom. The predicted octanol–water partition coefficient (Wildman–Crippen LogP) is 1.23. The number of morpholine rings is 1. The minimum absolute atomic E-state index is 0.0504. The van der Waals surface area contributed by atoms with Crippen LogP contribution in [0.3, 0.4) is 0 Å². The molecule has 1 N–H and O–H groups in total. The Labute approximate surface area is 116 Å². The number of hydrogen-bond acceptors (Lipinski definition) is 4. The molecule has 6 heteroatoms. The molecule has 1 unspecified atom stereocenters. The van der Waals surface area contributed by atoms with E-state index in [-0.39, 0.29) is 30.5 Å². The number of rotatable bonds is 5. The predicted molar refractivity (Wildman–Crippen MR) is 68.6 cm³/mol. The number of aliphatic hydroxyl groups is 1. The lowest BCUT2D eigenvalue weighted by Gasteiger charge is -2.31. The van der Waals surface area contributed by atoms with Gasteiger partial charge in [-0.3, -0.25) is 9.69 Å². The van der Waals surface area contributed by atoms with Crippen molar-refractivity contribution in [3.8, 4) is 0 Å². The molecule has 0 bridgehead atoms. The van der Waals surface area contributed by atoms with Crippen LogP contribution in [0.25, 0.3) is 0 Å². The van der Waals surface area contributed by atoms with Gasteiger partial charge in [0.15, 0.2) is 5.78 Å². The first-order valence-corrected chi connectivity index (χ1v) is 6.52. The molecule has 1 aliphatic heterocycles. The average Bonchev–Trinajstić information content (AvgIpc) is 2.44. The van der Waals surface area contributed by atoms with E-state index in [2.05, 4.69) is 0 Å². The van der Waals surface area contributed by atoms with Crippen LogP contribution in [-0.2, 0) is 4.74 Å². The highest BCUT2D eigenvalue weighted by Crippen LogP contribution is 2.12. The molecule has 4 nitrogen and oxygen atoms in total. The molecule has 0 spiro atoms. The highest BCUT2D eigenvalue weighted by Gasteiger charge is 2.20. The fourth-order valence-electron chi connectivity index (χ4n) is 2.21. The van der Waals surface area contributed by atoms with Crippen molar-refractivity contribution in [1.29, 1.82) is 0 Å². The van der Waals surface area contributed by atoms with E-state index in [1.54, 1.807) is 0 Å². The topological polar surface area (TPSA) is 49.8 Å². The van der Waals surface area contributed by atoms with Gasteiger partial charge in [-0.15, -0.1) is 0 Å². The van der Waals surface area contributed by atoms with E-state index in [9.17, 15) is 13.6 Å². The van der Waals surface area contributed by atoms with Gasteiger partial charge in [-0.05, 0) is 12.1 Å². The Bertz CT molecular complexity index is 461. The number of ketones is 1. The van der Waals surface area contributed by atoms with Crippen LogP contribution in [0.4, 0.5) is 8.78 Å². The van der Waals surface area contributed by atoms with E-state index in [1.807, 2.05) is 4.90 Å². The number of carbonyl (C=O) groups is 1. The van der Waals surface area contributed by atoms with Gasteiger partial charge in [-0.25, -0.2) is 8.78 Å². The van der Waals surface area contributed by atoms with Crippen LogP contribution in [0.1, 0.15) is 16.8 Å². The highest BCUT2D eigenvalue weighted by molar-refractivity contribution is 5.96. The SMILES string of the molecule is O=C(CCN1CCOC(CO)C1)c1cc(F)cc(F)c1. The fourth-order valence-corrected chi connectivity index (χ4v) is 2.21. The Balaban J connectivity index is 1.88. The molecule has 0 aliphatic carbocycles. The van der Waals surface area contributed by atoms with Crippen LogP contribution in [0.2, 0.25) is 0 Å². The molecule has 1 aromatic carbocycles. The van der Waals surface area contributed by atoms with E-state index in [1.165, 1.54) is 0 Å². The van der Waals surface area contributed by atoms with Crippen molar-refractivity contribution in [2.24, 2.45) is 0 Å². The summed E-state index contributed by atoms with van der Waals surface area (Å²) in [5.74, 6) is -1.80. The maximum absolute atomic E-state index is 13.0. The largest absolute Gasteiger partial charge is 0.394 e.